The summed E-state index contributed by atoms with van der Waals surface area (Å²) in [6, 6.07) is 0.172. The minimum Gasteiger partial charge on any atom is -0.368 e. The molecule has 0 N–H and O–H groups in total. The van der Waals surface area contributed by atoms with E-state index in [-0.39, 0.29) is 24.7 Å². The Kier molecular flexibility index (Phi) is 5.05. The summed E-state index contributed by atoms with van der Waals surface area (Å²) in [5, 5.41) is 4.52. The van der Waals surface area contributed by atoms with Crippen molar-refractivity contribution in [3.8, 4) is 0 Å². The number of nitrogens with zero attached hydrogens (tertiary/aromatic N) is 3. The van der Waals surface area contributed by atoms with Gasteiger partial charge in [-0.25, -0.2) is 0 Å². The van der Waals surface area contributed by atoms with Gasteiger partial charge in [0.1, 0.15) is 6.61 Å². The molecular weight excluding hydrogens is 290 g/mol. The van der Waals surface area contributed by atoms with Crippen LogP contribution in [0.1, 0.15) is 67.9 Å². The molecule has 1 aromatic rings. The highest BCUT2D eigenvalue weighted by Crippen LogP contribution is 2.35. The lowest BCUT2D eigenvalue weighted by atomic mass is 9.98. The third kappa shape index (κ3) is 3.44. The SMILES string of the molecule is Cc1nn(C)c(C)c1[C@@H]1CCCN1C(=O)COC1CCCCC1. The molecule has 5 heteroatoms. The van der Waals surface area contributed by atoms with E-state index >= 15 is 0 Å². The predicted molar refractivity (Wildman–Crippen MR) is 89.2 cm³/mol. The van der Waals surface area contributed by atoms with Crippen LogP contribution < -0.4 is 0 Å². The molecule has 1 amide bonds. The van der Waals surface area contributed by atoms with Gasteiger partial charge in [-0.05, 0) is 39.5 Å². The van der Waals surface area contributed by atoms with E-state index in [0.29, 0.717) is 0 Å². The van der Waals surface area contributed by atoms with Gasteiger partial charge in [0.2, 0.25) is 5.91 Å². The van der Waals surface area contributed by atoms with E-state index < -0.39 is 0 Å². The van der Waals surface area contributed by atoms with E-state index in [1.54, 1.807) is 0 Å². The second kappa shape index (κ2) is 7.04. The molecule has 0 aromatic carbocycles. The Hall–Kier alpha value is -1.36. The molecule has 0 bridgehead atoms. The van der Waals surface area contributed by atoms with Crippen LogP contribution in [0, 0.1) is 13.8 Å². The van der Waals surface area contributed by atoms with Crippen molar-refractivity contribution in [2.45, 2.75) is 70.9 Å². The second-order valence-electron chi connectivity index (χ2n) is 7.02. The zero-order chi connectivity index (χ0) is 16.4. The molecular formula is C18H29N3O2. The molecule has 2 aliphatic rings. The number of rotatable bonds is 4. The van der Waals surface area contributed by atoms with Crippen LogP contribution in [0.15, 0.2) is 0 Å². The third-order valence-electron chi connectivity index (χ3n) is 5.47. The van der Waals surface area contributed by atoms with Gasteiger partial charge in [0.25, 0.3) is 0 Å². The molecule has 5 nitrogen and oxygen atoms in total. The number of carbonyl (C=O) groups is 1. The number of likely N-dealkylation sites (tertiary alicyclic amines) is 1. The molecule has 1 aliphatic heterocycles. The van der Waals surface area contributed by atoms with Gasteiger partial charge in [0.15, 0.2) is 0 Å². The van der Waals surface area contributed by atoms with Gasteiger partial charge < -0.3 is 9.64 Å². The Morgan fingerprint density at radius 3 is 2.57 bits per heavy atom. The highest BCUT2D eigenvalue weighted by atomic mass is 16.5. The van der Waals surface area contributed by atoms with E-state index in [9.17, 15) is 4.79 Å². The van der Waals surface area contributed by atoms with Gasteiger partial charge in [-0.2, -0.15) is 5.10 Å². The fourth-order valence-corrected chi connectivity index (χ4v) is 4.14. The average molecular weight is 319 g/mol. The van der Waals surface area contributed by atoms with Crippen molar-refractivity contribution in [3.05, 3.63) is 17.0 Å². The molecule has 2 heterocycles. The summed E-state index contributed by atoms with van der Waals surface area (Å²) in [7, 11) is 1.97. The molecule has 0 spiro atoms. The highest BCUT2D eigenvalue weighted by molar-refractivity contribution is 5.78. The van der Waals surface area contributed by atoms with Crippen molar-refractivity contribution in [2.75, 3.05) is 13.2 Å². The van der Waals surface area contributed by atoms with Gasteiger partial charge in [-0.15, -0.1) is 0 Å². The summed E-state index contributed by atoms with van der Waals surface area (Å²) in [5.41, 5.74) is 3.44. The maximum atomic E-state index is 12.7. The molecule has 1 saturated heterocycles. The zero-order valence-electron chi connectivity index (χ0n) is 14.7. The Bertz CT molecular complexity index is 561. The van der Waals surface area contributed by atoms with Crippen LogP contribution in [0.5, 0.6) is 0 Å². The number of aryl methyl sites for hydroxylation is 2. The van der Waals surface area contributed by atoms with Gasteiger partial charge in [-0.1, -0.05) is 19.3 Å². The first-order valence-electron chi connectivity index (χ1n) is 8.99. The minimum absolute atomic E-state index is 0.140. The quantitative estimate of drug-likeness (QED) is 0.857. The van der Waals surface area contributed by atoms with Crippen LogP contribution in [-0.2, 0) is 16.6 Å². The number of amides is 1. The van der Waals surface area contributed by atoms with Gasteiger partial charge >= 0.3 is 0 Å². The van der Waals surface area contributed by atoms with Crippen molar-refractivity contribution < 1.29 is 9.53 Å². The van der Waals surface area contributed by atoms with Crippen LogP contribution in [0.4, 0.5) is 0 Å². The molecule has 0 radical (unpaired) electrons. The summed E-state index contributed by atoms with van der Waals surface area (Å²) in [4.78, 5) is 14.7. The van der Waals surface area contributed by atoms with Crippen LogP contribution in [0.25, 0.3) is 0 Å². The average Bonchev–Trinajstić information content (AvgIpc) is 3.11. The summed E-state index contributed by atoms with van der Waals surface area (Å²) in [6.07, 6.45) is 8.38. The molecule has 1 aliphatic carbocycles. The highest BCUT2D eigenvalue weighted by Gasteiger charge is 2.33. The zero-order valence-corrected chi connectivity index (χ0v) is 14.7. The largest absolute Gasteiger partial charge is 0.368 e. The predicted octanol–water partition coefficient (Wildman–Crippen LogP) is 3.05. The molecule has 0 unspecified atom stereocenters. The van der Waals surface area contributed by atoms with Gasteiger partial charge in [0, 0.05) is 24.8 Å². The smallest absolute Gasteiger partial charge is 0.249 e. The van der Waals surface area contributed by atoms with Crippen molar-refractivity contribution in [3.63, 3.8) is 0 Å². The van der Waals surface area contributed by atoms with E-state index in [2.05, 4.69) is 12.0 Å². The first-order chi connectivity index (χ1) is 11.1. The lowest BCUT2D eigenvalue weighted by Gasteiger charge is -2.27. The van der Waals surface area contributed by atoms with Crippen molar-refractivity contribution in [2.24, 2.45) is 7.05 Å². The van der Waals surface area contributed by atoms with Crippen LogP contribution >= 0.6 is 0 Å². The van der Waals surface area contributed by atoms with E-state index in [4.69, 9.17) is 4.74 Å². The third-order valence-corrected chi connectivity index (χ3v) is 5.47. The lowest BCUT2D eigenvalue weighted by molar-refractivity contribution is -0.139. The molecule has 1 atom stereocenters. The monoisotopic (exact) mass is 319 g/mol. The molecule has 128 valence electrons. The first-order valence-corrected chi connectivity index (χ1v) is 8.99. The summed E-state index contributed by atoms with van der Waals surface area (Å²) in [5.74, 6) is 0.140. The Labute approximate surface area is 139 Å². The molecule has 1 aromatic heterocycles. The van der Waals surface area contributed by atoms with E-state index in [1.165, 1.54) is 30.5 Å². The minimum atomic E-state index is 0.140. The first kappa shape index (κ1) is 16.5. The number of ether oxygens (including phenoxy) is 1. The lowest BCUT2D eigenvalue weighted by Crippen LogP contribution is -2.35. The van der Waals surface area contributed by atoms with Crippen molar-refractivity contribution in [1.29, 1.82) is 0 Å². The van der Waals surface area contributed by atoms with E-state index in [0.717, 1.165) is 37.9 Å². The topological polar surface area (TPSA) is 47.4 Å². The van der Waals surface area contributed by atoms with E-state index in [1.807, 2.05) is 23.6 Å². The molecule has 3 rings (SSSR count). The fraction of sp³-hybridized carbons (Fsp3) is 0.778. The molecule has 23 heavy (non-hydrogen) atoms. The summed E-state index contributed by atoms with van der Waals surface area (Å²) < 4.78 is 7.82. The van der Waals surface area contributed by atoms with Gasteiger partial charge in [0.05, 0.1) is 17.8 Å². The normalized spacial score (nSPS) is 22.7. The second-order valence-corrected chi connectivity index (χ2v) is 7.02. The number of aromatic nitrogens is 2. The summed E-state index contributed by atoms with van der Waals surface area (Å²) >= 11 is 0. The molecule has 1 saturated carbocycles. The van der Waals surface area contributed by atoms with Crippen molar-refractivity contribution >= 4 is 5.91 Å². The maximum absolute atomic E-state index is 12.7. The standard InChI is InChI=1S/C18H29N3O2/c1-13-18(14(2)20(3)19-13)16-10-7-11-21(16)17(22)12-23-15-8-5-4-6-9-15/h15-16H,4-12H2,1-3H3/t16-/m0/s1. The number of hydrogen-bond acceptors (Lipinski definition) is 3. The Morgan fingerprint density at radius 2 is 1.91 bits per heavy atom. The van der Waals surface area contributed by atoms with Gasteiger partial charge in [-0.3, -0.25) is 9.48 Å². The van der Waals surface area contributed by atoms with Crippen LogP contribution in [0.2, 0.25) is 0 Å². The van der Waals surface area contributed by atoms with Crippen molar-refractivity contribution in [1.82, 2.24) is 14.7 Å². The molecule has 2 fully saturated rings. The number of carbonyl (C=O) groups excluding carboxylic acids is 1. The van der Waals surface area contributed by atoms with Crippen LogP contribution in [-0.4, -0.2) is 39.8 Å². The Morgan fingerprint density at radius 1 is 1.17 bits per heavy atom. The summed E-state index contributed by atoms with van der Waals surface area (Å²) in [6.45, 7) is 5.21. The number of hydrogen-bond donors (Lipinski definition) is 0. The maximum Gasteiger partial charge on any atom is 0.249 e. The van der Waals surface area contributed by atoms with Crippen LogP contribution in [0.3, 0.4) is 0 Å². The Balaban J connectivity index is 1.65. The fourth-order valence-electron chi connectivity index (χ4n) is 4.14.